The van der Waals surface area contributed by atoms with Crippen LogP contribution in [0.4, 0.5) is 9.18 Å². The molecule has 0 radical (unpaired) electrons. The van der Waals surface area contributed by atoms with Crippen LogP contribution in [0.3, 0.4) is 0 Å². The van der Waals surface area contributed by atoms with E-state index in [1.165, 1.54) is 12.1 Å². The van der Waals surface area contributed by atoms with Gasteiger partial charge in [-0.25, -0.2) is 13.9 Å². The molecule has 3 heterocycles. The zero-order valence-corrected chi connectivity index (χ0v) is 23.8. The van der Waals surface area contributed by atoms with Crippen molar-refractivity contribution in [3.8, 4) is 34.3 Å². The van der Waals surface area contributed by atoms with E-state index in [0.717, 1.165) is 16.5 Å². The van der Waals surface area contributed by atoms with Crippen molar-refractivity contribution in [2.75, 3.05) is 26.3 Å². The quantitative estimate of drug-likeness (QED) is 0.321. The van der Waals surface area contributed by atoms with Crippen molar-refractivity contribution in [3.63, 3.8) is 0 Å². The zero-order valence-electron chi connectivity index (χ0n) is 23.8. The molecule has 0 bridgehead atoms. The molecule has 2 aromatic carbocycles. The normalized spacial score (nSPS) is 15.6. The third kappa shape index (κ3) is 5.88. The average molecular weight is 561 g/mol. The fourth-order valence-corrected chi connectivity index (χ4v) is 4.90. The molecular weight excluding hydrogens is 527 g/mol. The van der Waals surface area contributed by atoms with Crippen LogP contribution in [0.5, 0.6) is 5.88 Å². The van der Waals surface area contributed by atoms with Crippen molar-refractivity contribution < 1.29 is 23.4 Å². The van der Waals surface area contributed by atoms with Gasteiger partial charge in [0.15, 0.2) is 0 Å². The number of benzene rings is 2. The number of amides is 1. The SMILES string of the molecule is CCOc1c(-c2ccc3c(cnn3C)c2)c(-c2ccc(C#N)c(F)c2)nn1CC1CN(C(=O)OC(C)(C)C)CCO1. The van der Waals surface area contributed by atoms with E-state index in [9.17, 15) is 14.4 Å². The van der Waals surface area contributed by atoms with Crippen LogP contribution in [0.25, 0.3) is 33.3 Å². The maximum atomic E-state index is 14.8. The molecule has 4 aromatic rings. The molecule has 10 nitrogen and oxygen atoms in total. The summed E-state index contributed by atoms with van der Waals surface area (Å²) in [4.78, 5) is 14.4. The number of hydrogen-bond acceptors (Lipinski definition) is 7. The summed E-state index contributed by atoms with van der Waals surface area (Å²) in [6, 6.07) is 12.2. The Labute approximate surface area is 237 Å². The fourth-order valence-electron chi connectivity index (χ4n) is 4.90. The molecule has 2 aromatic heterocycles. The minimum absolute atomic E-state index is 0.0469. The van der Waals surface area contributed by atoms with E-state index in [4.69, 9.17) is 19.3 Å². The summed E-state index contributed by atoms with van der Waals surface area (Å²) in [6.45, 7) is 9.13. The number of carbonyl (C=O) groups excluding carboxylic acids is 1. The highest BCUT2D eigenvalue weighted by molar-refractivity contribution is 5.91. The van der Waals surface area contributed by atoms with Crippen LogP contribution < -0.4 is 4.74 Å². The Balaban J connectivity index is 1.57. The van der Waals surface area contributed by atoms with Gasteiger partial charge in [0.05, 0.1) is 55.2 Å². The fraction of sp³-hybridized carbons (Fsp3) is 0.400. The number of nitriles is 1. The third-order valence-corrected chi connectivity index (χ3v) is 6.75. The van der Waals surface area contributed by atoms with Crippen molar-refractivity contribution in [3.05, 3.63) is 54.0 Å². The van der Waals surface area contributed by atoms with Crippen molar-refractivity contribution in [1.29, 1.82) is 5.26 Å². The standard InChI is InChI=1S/C30H33FN6O4/c1-6-39-28-26(19-9-10-25-22(13-19)16-33-35(25)5)27(20-7-8-21(15-32)24(31)14-20)34-37(28)18-23-17-36(11-12-40-23)29(38)41-30(2,3)4/h7-10,13-14,16,23H,6,11-12,17-18H2,1-5H3. The Kier molecular flexibility index (Phi) is 7.69. The maximum absolute atomic E-state index is 14.8. The van der Waals surface area contributed by atoms with E-state index in [1.807, 2.05) is 59.0 Å². The number of aromatic nitrogens is 4. The minimum Gasteiger partial charge on any atom is -0.478 e. The lowest BCUT2D eigenvalue weighted by Crippen LogP contribution is -2.48. The molecule has 214 valence electrons. The van der Waals surface area contributed by atoms with Gasteiger partial charge in [-0.15, -0.1) is 0 Å². The molecular formula is C30H33FN6O4. The van der Waals surface area contributed by atoms with Gasteiger partial charge >= 0.3 is 6.09 Å². The van der Waals surface area contributed by atoms with E-state index < -0.39 is 17.5 Å². The Bertz CT molecular complexity index is 1630. The molecule has 41 heavy (non-hydrogen) atoms. The summed E-state index contributed by atoms with van der Waals surface area (Å²) in [5.74, 6) is -0.136. The van der Waals surface area contributed by atoms with Gasteiger partial charge in [-0.3, -0.25) is 4.68 Å². The van der Waals surface area contributed by atoms with Crippen LogP contribution in [0.15, 0.2) is 42.6 Å². The second-order valence-electron chi connectivity index (χ2n) is 10.9. The molecule has 5 rings (SSSR count). The molecule has 0 spiro atoms. The molecule has 1 unspecified atom stereocenters. The average Bonchev–Trinajstić information content (AvgIpc) is 3.48. The molecule has 0 saturated carbocycles. The number of aryl methyl sites for hydroxylation is 1. The first-order valence-corrected chi connectivity index (χ1v) is 13.5. The number of carbonyl (C=O) groups is 1. The lowest BCUT2D eigenvalue weighted by atomic mass is 9.99. The number of fused-ring (bicyclic) bond motifs is 1. The minimum atomic E-state index is -0.630. The van der Waals surface area contributed by atoms with Crippen LogP contribution in [0.1, 0.15) is 33.3 Å². The number of hydrogen-bond donors (Lipinski definition) is 0. The third-order valence-electron chi connectivity index (χ3n) is 6.75. The van der Waals surface area contributed by atoms with Gasteiger partial charge in [0.25, 0.3) is 0 Å². The van der Waals surface area contributed by atoms with Crippen molar-refractivity contribution in [1.82, 2.24) is 24.5 Å². The predicted octanol–water partition coefficient (Wildman–Crippen LogP) is 5.15. The first kappa shape index (κ1) is 28.1. The second-order valence-corrected chi connectivity index (χ2v) is 10.9. The van der Waals surface area contributed by atoms with Crippen LogP contribution in [-0.4, -0.2) is 68.6 Å². The number of ether oxygens (including phenoxy) is 3. The Morgan fingerprint density at radius 2 is 2.00 bits per heavy atom. The molecule has 0 N–H and O–H groups in total. The molecule has 1 fully saturated rings. The summed E-state index contributed by atoms with van der Waals surface area (Å²) in [7, 11) is 1.88. The van der Waals surface area contributed by atoms with Gasteiger partial charge < -0.3 is 19.1 Å². The number of nitrogens with zero attached hydrogens (tertiary/aromatic N) is 6. The molecule has 11 heteroatoms. The lowest BCUT2D eigenvalue weighted by Gasteiger charge is -2.34. The zero-order chi connectivity index (χ0) is 29.3. The molecule has 1 atom stereocenters. The van der Waals surface area contributed by atoms with E-state index in [1.54, 1.807) is 26.5 Å². The van der Waals surface area contributed by atoms with Gasteiger partial charge in [-0.05, 0) is 57.5 Å². The lowest BCUT2D eigenvalue weighted by molar-refractivity contribution is -0.0489. The first-order valence-electron chi connectivity index (χ1n) is 13.5. The van der Waals surface area contributed by atoms with E-state index >= 15 is 0 Å². The Hall–Kier alpha value is -4.43. The molecule has 1 aliphatic rings. The first-order chi connectivity index (χ1) is 19.6. The highest BCUT2D eigenvalue weighted by Crippen LogP contribution is 2.41. The molecule has 0 aliphatic carbocycles. The maximum Gasteiger partial charge on any atom is 0.410 e. The van der Waals surface area contributed by atoms with Crippen LogP contribution >= 0.6 is 0 Å². The second kappa shape index (κ2) is 11.2. The monoisotopic (exact) mass is 560 g/mol. The smallest absolute Gasteiger partial charge is 0.410 e. The predicted molar refractivity (Wildman–Crippen MR) is 151 cm³/mol. The van der Waals surface area contributed by atoms with Crippen LogP contribution in [0, 0.1) is 17.1 Å². The topological polar surface area (TPSA) is 107 Å². The summed E-state index contributed by atoms with van der Waals surface area (Å²) in [6.07, 6.45) is 1.01. The van der Waals surface area contributed by atoms with Crippen molar-refractivity contribution in [2.24, 2.45) is 7.05 Å². The summed E-state index contributed by atoms with van der Waals surface area (Å²) in [5.41, 5.74) is 2.81. The number of morpholine rings is 1. The highest BCUT2D eigenvalue weighted by atomic mass is 19.1. The largest absolute Gasteiger partial charge is 0.478 e. The van der Waals surface area contributed by atoms with Crippen LogP contribution in [0.2, 0.25) is 0 Å². The van der Waals surface area contributed by atoms with Gasteiger partial charge in [-0.1, -0.05) is 12.1 Å². The van der Waals surface area contributed by atoms with E-state index in [2.05, 4.69) is 5.10 Å². The highest BCUT2D eigenvalue weighted by Gasteiger charge is 2.31. The molecule has 1 amide bonds. The van der Waals surface area contributed by atoms with Gasteiger partial charge in [-0.2, -0.15) is 15.5 Å². The Morgan fingerprint density at radius 3 is 2.71 bits per heavy atom. The molecule has 1 aliphatic heterocycles. The van der Waals surface area contributed by atoms with E-state index in [0.29, 0.717) is 49.0 Å². The van der Waals surface area contributed by atoms with Gasteiger partial charge in [0.1, 0.15) is 23.2 Å². The van der Waals surface area contributed by atoms with Crippen LogP contribution in [-0.2, 0) is 23.1 Å². The van der Waals surface area contributed by atoms with Crippen molar-refractivity contribution >= 4 is 17.0 Å². The van der Waals surface area contributed by atoms with Gasteiger partial charge in [0.2, 0.25) is 5.88 Å². The van der Waals surface area contributed by atoms with E-state index in [-0.39, 0.29) is 18.2 Å². The summed E-state index contributed by atoms with van der Waals surface area (Å²) >= 11 is 0. The van der Waals surface area contributed by atoms with Gasteiger partial charge in [0, 0.05) is 24.5 Å². The van der Waals surface area contributed by atoms with Crippen molar-refractivity contribution in [2.45, 2.75) is 45.9 Å². The summed E-state index contributed by atoms with van der Waals surface area (Å²) < 4.78 is 36.0. The summed E-state index contributed by atoms with van der Waals surface area (Å²) in [5, 5.41) is 19.4. The Morgan fingerprint density at radius 1 is 1.22 bits per heavy atom. The number of rotatable bonds is 6. The number of halogens is 1. The molecule has 1 saturated heterocycles.